The van der Waals surface area contributed by atoms with Gasteiger partial charge in [-0.2, -0.15) is 5.10 Å². The number of hydrogen-bond donors (Lipinski definition) is 3. The molecule has 7 heteroatoms. The summed E-state index contributed by atoms with van der Waals surface area (Å²) in [7, 11) is 1.85. The van der Waals surface area contributed by atoms with Crippen LogP contribution in [0, 0.1) is 13.8 Å². The second-order valence-electron chi connectivity index (χ2n) is 6.85. The fourth-order valence-electron chi connectivity index (χ4n) is 2.75. The van der Waals surface area contributed by atoms with Gasteiger partial charge >= 0.3 is 0 Å². The van der Waals surface area contributed by atoms with E-state index in [9.17, 15) is 9.59 Å². The Kier molecular flexibility index (Phi) is 4.97. The Morgan fingerprint density at radius 1 is 1.27 bits per heavy atom. The largest absolute Gasteiger partial charge is 0.374 e. The number of anilines is 2. The van der Waals surface area contributed by atoms with Crippen molar-refractivity contribution in [3.63, 3.8) is 0 Å². The van der Waals surface area contributed by atoms with E-state index in [1.807, 2.05) is 33.0 Å². The van der Waals surface area contributed by atoms with E-state index < -0.39 is 6.04 Å². The van der Waals surface area contributed by atoms with Crippen molar-refractivity contribution in [2.75, 3.05) is 10.6 Å². The highest BCUT2D eigenvalue weighted by Crippen LogP contribution is 2.21. The Morgan fingerprint density at radius 2 is 2.00 bits per heavy atom. The van der Waals surface area contributed by atoms with Gasteiger partial charge in [-0.1, -0.05) is 6.07 Å². The number of amides is 2. The van der Waals surface area contributed by atoms with Crippen LogP contribution in [-0.4, -0.2) is 33.7 Å². The summed E-state index contributed by atoms with van der Waals surface area (Å²) < 4.78 is 1.74. The van der Waals surface area contributed by atoms with E-state index in [0.29, 0.717) is 11.6 Å². The molecule has 2 aromatic rings. The Balaban J connectivity index is 1.64. The smallest absolute Gasteiger partial charge is 0.251 e. The molecular weight excluding hydrogens is 330 g/mol. The normalized spacial score (nSPS) is 14.6. The van der Waals surface area contributed by atoms with Crippen LogP contribution in [0.1, 0.15) is 41.5 Å². The van der Waals surface area contributed by atoms with E-state index in [1.165, 1.54) is 0 Å². The SMILES string of the molecule is Cc1nn(C)c(C)c1NC(=O)C(C)Nc1cccc(C(=O)NC2CC2)c1. The molecule has 1 aliphatic carbocycles. The molecule has 138 valence electrons. The number of benzene rings is 1. The lowest BCUT2D eigenvalue weighted by atomic mass is 10.1. The average Bonchev–Trinajstić information content (AvgIpc) is 3.38. The molecule has 1 saturated carbocycles. The zero-order valence-electron chi connectivity index (χ0n) is 15.6. The molecule has 1 fully saturated rings. The third kappa shape index (κ3) is 4.04. The standard InChI is InChI=1S/C19H25N5O2/c1-11-17(13(3)24(4)23-11)22-18(25)12(2)20-16-7-5-6-14(10-16)19(26)21-15-8-9-15/h5-7,10,12,15,20H,8-9H2,1-4H3,(H,21,26)(H,22,25). The van der Waals surface area contributed by atoms with Gasteiger partial charge in [0.2, 0.25) is 5.91 Å². The first kappa shape index (κ1) is 18.0. The highest BCUT2D eigenvalue weighted by Gasteiger charge is 2.24. The molecule has 2 amide bonds. The first-order valence-electron chi connectivity index (χ1n) is 8.83. The van der Waals surface area contributed by atoms with Gasteiger partial charge in [0, 0.05) is 24.3 Å². The van der Waals surface area contributed by atoms with Crippen molar-refractivity contribution in [2.24, 2.45) is 7.05 Å². The number of nitrogens with one attached hydrogen (secondary N) is 3. The maximum atomic E-state index is 12.5. The Morgan fingerprint density at radius 3 is 2.62 bits per heavy atom. The fourth-order valence-corrected chi connectivity index (χ4v) is 2.75. The molecule has 26 heavy (non-hydrogen) atoms. The van der Waals surface area contributed by atoms with Gasteiger partial charge in [-0.05, 0) is 51.8 Å². The van der Waals surface area contributed by atoms with Crippen LogP contribution in [-0.2, 0) is 11.8 Å². The monoisotopic (exact) mass is 355 g/mol. The molecule has 1 aliphatic rings. The minimum atomic E-state index is -0.462. The Hall–Kier alpha value is -2.83. The lowest BCUT2D eigenvalue weighted by Crippen LogP contribution is -2.32. The molecule has 3 N–H and O–H groups in total. The number of carbonyl (C=O) groups is 2. The van der Waals surface area contributed by atoms with Crippen molar-refractivity contribution in [1.29, 1.82) is 0 Å². The van der Waals surface area contributed by atoms with E-state index in [-0.39, 0.29) is 11.8 Å². The maximum Gasteiger partial charge on any atom is 0.251 e. The molecule has 0 spiro atoms. The van der Waals surface area contributed by atoms with Crippen LogP contribution in [0.5, 0.6) is 0 Å². The van der Waals surface area contributed by atoms with Crippen LogP contribution in [0.4, 0.5) is 11.4 Å². The Bertz CT molecular complexity index is 838. The minimum Gasteiger partial charge on any atom is -0.374 e. The third-order valence-electron chi connectivity index (χ3n) is 4.57. The molecule has 0 bridgehead atoms. The third-order valence-corrected chi connectivity index (χ3v) is 4.57. The number of rotatable bonds is 6. The number of hydrogen-bond acceptors (Lipinski definition) is 4. The quantitative estimate of drug-likeness (QED) is 0.742. The van der Waals surface area contributed by atoms with E-state index in [0.717, 1.165) is 35.6 Å². The minimum absolute atomic E-state index is 0.0742. The summed E-state index contributed by atoms with van der Waals surface area (Å²) >= 11 is 0. The molecule has 1 aromatic heterocycles. The summed E-state index contributed by atoms with van der Waals surface area (Å²) in [6.45, 7) is 5.56. The lowest BCUT2D eigenvalue weighted by Gasteiger charge is -2.16. The second kappa shape index (κ2) is 7.19. The number of carbonyl (C=O) groups excluding carboxylic acids is 2. The van der Waals surface area contributed by atoms with Gasteiger partial charge in [0.05, 0.1) is 17.1 Å². The van der Waals surface area contributed by atoms with E-state index in [4.69, 9.17) is 0 Å². The second-order valence-corrected chi connectivity index (χ2v) is 6.85. The predicted molar refractivity (Wildman–Crippen MR) is 101 cm³/mol. The molecule has 1 unspecified atom stereocenters. The summed E-state index contributed by atoms with van der Waals surface area (Å²) in [6.07, 6.45) is 2.10. The van der Waals surface area contributed by atoms with Crippen molar-refractivity contribution >= 4 is 23.2 Å². The van der Waals surface area contributed by atoms with Crippen LogP contribution >= 0.6 is 0 Å². The molecule has 1 atom stereocenters. The summed E-state index contributed by atoms with van der Waals surface area (Å²) in [6, 6.07) is 7.05. The van der Waals surface area contributed by atoms with Crippen LogP contribution < -0.4 is 16.0 Å². The van der Waals surface area contributed by atoms with Gasteiger partial charge in [0.25, 0.3) is 5.91 Å². The molecule has 0 radical (unpaired) electrons. The molecule has 0 saturated heterocycles. The first-order valence-corrected chi connectivity index (χ1v) is 8.83. The van der Waals surface area contributed by atoms with Gasteiger partial charge < -0.3 is 16.0 Å². The molecule has 1 heterocycles. The summed E-state index contributed by atoms with van der Waals surface area (Å²) in [5.74, 6) is -0.230. The zero-order valence-corrected chi connectivity index (χ0v) is 15.6. The maximum absolute atomic E-state index is 12.5. The highest BCUT2D eigenvalue weighted by molar-refractivity contribution is 5.98. The molecule has 0 aliphatic heterocycles. The van der Waals surface area contributed by atoms with Crippen LogP contribution in [0.25, 0.3) is 0 Å². The lowest BCUT2D eigenvalue weighted by molar-refractivity contribution is -0.116. The van der Waals surface area contributed by atoms with Crippen LogP contribution in [0.2, 0.25) is 0 Å². The van der Waals surface area contributed by atoms with E-state index >= 15 is 0 Å². The van der Waals surface area contributed by atoms with Crippen LogP contribution in [0.3, 0.4) is 0 Å². The zero-order chi connectivity index (χ0) is 18.8. The van der Waals surface area contributed by atoms with E-state index in [1.54, 1.807) is 23.7 Å². The van der Waals surface area contributed by atoms with Crippen molar-refractivity contribution < 1.29 is 9.59 Å². The summed E-state index contributed by atoms with van der Waals surface area (Å²) in [5, 5.41) is 13.3. The van der Waals surface area contributed by atoms with Crippen LogP contribution in [0.15, 0.2) is 24.3 Å². The molecule has 7 nitrogen and oxygen atoms in total. The van der Waals surface area contributed by atoms with Gasteiger partial charge in [0.15, 0.2) is 0 Å². The predicted octanol–water partition coefficient (Wildman–Crippen LogP) is 2.37. The Labute approximate surface area is 153 Å². The fraction of sp³-hybridized carbons (Fsp3) is 0.421. The first-order chi connectivity index (χ1) is 12.3. The average molecular weight is 355 g/mol. The molecule has 1 aromatic carbocycles. The van der Waals surface area contributed by atoms with E-state index in [2.05, 4.69) is 21.0 Å². The topological polar surface area (TPSA) is 88.1 Å². The van der Waals surface area contributed by atoms with Crippen molar-refractivity contribution in [3.8, 4) is 0 Å². The summed E-state index contributed by atoms with van der Waals surface area (Å²) in [4.78, 5) is 24.7. The van der Waals surface area contributed by atoms with Gasteiger partial charge in [-0.15, -0.1) is 0 Å². The summed E-state index contributed by atoms with van der Waals surface area (Å²) in [5.41, 5.74) is 3.75. The number of aryl methyl sites for hydroxylation is 2. The van der Waals surface area contributed by atoms with Gasteiger partial charge in [0.1, 0.15) is 6.04 Å². The molecular formula is C19H25N5O2. The van der Waals surface area contributed by atoms with Crippen molar-refractivity contribution in [3.05, 3.63) is 41.2 Å². The highest BCUT2D eigenvalue weighted by atomic mass is 16.2. The van der Waals surface area contributed by atoms with Gasteiger partial charge in [-0.25, -0.2) is 0 Å². The number of aromatic nitrogens is 2. The molecule has 3 rings (SSSR count). The van der Waals surface area contributed by atoms with Crippen molar-refractivity contribution in [2.45, 2.75) is 45.7 Å². The number of nitrogens with zero attached hydrogens (tertiary/aromatic N) is 2. The van der Waals surface area contributed by atoms with Crippen molar-refractivity contribution in [1.82, 2.24) is 15.1 Å². The van der Waals surface area contributed by atoms with Gasteiger partial charge in [-0.3, -0.25) is 14.3 Å².